The van der Waals surface area contributed by atoms with Crippen LogP contribution in [0.5, 0.6) is 0 Å². The van der Waals surface area contributed by atoms with E-state index >= 15 is 0 Å². The molecular formula is C13H8F3NO4S. The van der Waals surface area contributed by atoms with Crippen LogP contribution < -0.4 is 4.72 Å². The highest BCUT2D eigenvalue weighted by Gasteiger charge is 2.23. The zero-order chi connectivity index (χ0) is 16.5. The number of carboxylic acids is 1. The predicted octanol–water partition coefficient (Wildman–Crippen LogP) is 2.60. The molecule has 0 saturated heterocycles. The van der Waals surface area contributed by atoms with Gasteiger partial charge in [0.05, 0.1) is 11.3 Å². The normalized spacial score (nSPS) is 11.2. The molecule has 2 N–H and O–H groups in total. The molecule has 0 fully saturated rings. The second kappa shape index (κ2) is 5.68. The van der Waals surface area contributed by atoms with Gasteiger partial charge in [0, 0.05) is 0 Å². The van der Waals surface area contributed by atoms with Crippen molar-refractivity contribution in [1.82, 2.24) is 0 Å². The summed E-state index contributed by atoms with van der Waals surface area (Å²) in [6, 6.07) is 4.82. The Morgan fingerprint density at radius 2 is 1.77 bits per heavy atom. The molecule has 0 unspecified atom stereocenters. The van der Waals surface area contributed by atoms with Crippen molar-refractivity contribution in [1.29, 1.82) is 0 Å². The predicted molar refractivity (Wildman–Crippen MR) is 70.5 cm³/mol. The smallest absolute Gasteiger partial charge is 0.337 e. The van der Waals surface area contributed by atoms with Gasteiger partial charge in [-0.15, -0.1) is 0 Å². The van der Waals surface area contributed by atoms with E-state index in [0.29, 0.717) is 6.07 Å². The Balaban J connectivity index is 2.50. The lowest BCUT2D eigenvalue weighted by atomic mass is 10.2. The van der Waals surface area contributed by atoms with Crippen LogP contribution >= 0.6 is 0 Å². The van der Waals surface area contributed by atoms with E-state index in [0.717, 1.165) is 30.3 Å². The summed E-state index contributed by atoms with van der Waals surface area (Å²) in [5, 5.41) is 8.92. The van der Waals surface area contributed by atoms with Crippen LogP contribution in [0.3, 0.4) is 0 Å². The Bertz CT molecular complexity index is 852. The Morgan fingerprint density at radius 1 is 1.09 bits per heavy atom. The van der Waals surface area contributed by atoms with Crippen LogP contribution in [0.2, 0.25) is 0 Å². The number of halogens is 3. The van der Waals surface area contributed by atoms with Crippen LogP contribution in [0.15, 0.2) is 41.3 Å². The van der Waals surface area contributed by atoms with E-state index in [1.54, 1.807) is 4.72 Å². The van der Waals surface area contributed by atoms with Crippen LogP contribution in [0, 0.1) is 17.5 Å². The second-order valence-electron chi connectivity index (χ2n) is 4.15. The standard InChI is InChI=1S/C13H8F3NO4S/c14-7-4-5-10(8(6-7)13(18)19)17-22(20,21)11-3-1-2-9(15)12(11)16/h1-6,17H,(H,18,19). The number of aromatic carboxylic acids is 1. The van der Waals surface area contributed by atoms with Gasteiger partial charge in [-0.25, -0.2) is 26.4 Å². The summed E-state index contributed by atoms with van der Waals surface area (Å²) < 4.78 is 65.5. The number of anilines is 1. The minimum absolute atomic E-state index is 0.474. The van der Waals surface area contributed by atoms with Crippen molar-refractivity contribution in [2.45, 2.75) is 4.90 Å². The number of sulfonamides is 1. The first kappa shape index (κ1) is 15.8. The van der Waals surface area contributed by atoms with Crippen molar-refractivity contribution in [3.05, 3.63) is 59.4 Å². The molecule has 0 amide bonds. The fraction of sp³-hybridized carbons (Fsp3) is 0. The molecule has 0 spiro atoms. The largest absolute Gasteiger partial charge is 0.478 e. The molecule has 0 radical (unpaired) electrons. The monoisotopic (exact) mass is 331 g/mol. The third-order valence-corrected chi connectivity index (χ3v) is 4.04. The second-order valence-corrected chi connectivity index (χ2v) is 5.80. The molecule has 2 aromatic carbocycles. The van der Waals surface area contributed by atoms with Gasteiger partial charge < -0.3 is 5.11 Å². The lowest BCUT2D eigenvalue weighted by Crippen LogP contribution is -2.17. The van der Waals surface area contributed by atoms with E-state index in [1.165, 1.54) is 0 Å². The summed E-state index contributed by atoms with van der Waals surface area (Å²) in [5.41, 5.74) is -1.14. The molecule has 0 atom stereocenters. The molecule has 0 heterocycles. The third-order valence-electron chi connectivity index (χ3n) is 2.66. The number of nitrogens with one attached hydrogen (secondary N) is 1. The van der Waals surface area contributed by atoms with E-state index in [4.69, 9.17) is 5.11 Å². The average Bonchev–Trinajstić information content (AvgIpc) is 2.43. The topological polar surface area (TPSA) is 83.5 Å². The van der Waals surface area contributed by atoms with E-state index in [2.05, 4.69) is 0 Å². The zero-order valence-electron chi connectivity index (χ0n) is 10.7. The first-order chi connectivity index (χ1) is 10.2. The van der Waals surface area contributed by atoms with Gasteiger partial charge in [0.25, 0.3) is 10.0 Å². The minimum Gasteiger partial charge on any atom is -0.478 e. The number of carbonyl (C=O) groups is 1. The fourth-order valence-electron chi connectivity index (χ4n) is 1.67. The van der Waals surface area contributed by atoms with Crippen molar-refractivity contribution in [2.75, 3.05) is 4.72 Å². The molecule has 9 heteroatoms. The van der Waals surface area contributed by atoms with Gasteiger partial charge in [0.2, 0.25) is 0 Å². The number of hydrogen-bond donors (Lipinski definition) is 2. The van der Waals surface area contributed by atoms with Crippen LogP contribution in [0.1, 0.15) is 10.4 Å². The Labute approximate surface area is 123 Å². The first-order valence-electron chi connectivity index (χ1n) is 5.72. The van der Waals surface area contributed by atoms with Gasteiger partial charge in [-0.05, 0) is 30.3 Å². The minimum atomic E-state index is -4.59. The molecule has 0 saturated carbocycles. The molecule has 116 valence electrons. The number of hydrogen-bond acceptors (Lipinski definition) is 3. The van der Waals surface area contributed by atoms with Gasteiger partial charge in [-0.1, -0.05) is 6.07 Å². The van der Waals surface area contributed by atoms with Crippen LogP contribution in [0.4, 0.5) is 18.9 Å². The van der Waals surface area contributed by atoms with Crippen molar-refractivity contribution in [2.24, 2.45) is 0 Å². The van der Waals surface area contributed by atoms with Gasteiger partial charge in [0.15, 0.2) is 11.6 Å². The summed E-state index contributed by atoms with van der Waals surface area (Å²) in [6.45, 7) is 0. The van der Waals surface area contributed by atoms with E-state index in [9.17, 15) is 26.4 Å². The summed E-state index contributed by atoms with van der Waals surface area (Å²) in [4.78, 5) is 9.99. The zero-order valence-corrected chi connectivity index (χ0v) is 11.5. The molecule has 0 aliphatic rings. The van der Waals surface area contributed by atoms with Crippen LogP contribution in [0.25, 0.3) is 0 Å². The van der Waals surface area contributed by atoms with Gasteiger partial charge in [0.1, 0.15) is 10.7 Å². The summed E-state index contributed by atoms with van der Waals surface area (Å²) in [6.07, 6.45) is 0. The van der Waals surface area contributed by atoms with Crippen molar-refractivity contribution < 1.29 is 31.5 Å². The Morgan fingerprint density at radius 3 is 2.41 bits per heavy atom. The molecular weight excluding hydrogens is 323 g/mol. The molecule has 0 aliphatic heterocycles. The van der Waals surface area contributed by atoms with Gasteiger partial charge in [-0.2, -0.15) is 0 Å². The molecule has 5 nitrogen and oxygen atoms in total. The highest BCUT2D eigenvalue weighted by Crippen LogP contribution is 2.23. The van der Waals surface area contributed by atoms with E-state index in [-0.39, 0.29) is 0 Å². The fourth-order valence-corrected chi connectivity index (χ4v) is 2.84. The number of rotatable bonds is 4. The highest BCUT2D eigenvalue weighted by molar-refractivity contribution is 7.92. The highest BCUT2D eigenvalue weighted by atomic mass is 32.2. The maximum absolute atomic E-state index is 13.6. The quantitative estimate of drug-likeness (QED) is 0.902. The maximum Gasteiger partial charge on any atom is 0.337 e. The van der Waals surface area contributed by atoms with Crippen molar-refractivity contribution in [3.63, 3.8) is 0 Å². The van der Waals surface area contributed by atoms with E-state index < -0.39 is 49.6 Å². The summed E-state index contributed by atoms with van der Waals surface area (Å²) in [7, 11) is -4.59. The summed E-state index contributed by atoms with van der Waals surface area (Å²) >= 11 is 0. The molecule has 0 aliphatic carbocycles. The molecule has 2 rings (SSSR count). The summed E-state index contributed by atoms with van der Waals surface area (Å²) in [5.74, 6) is -5.45. The molecule has 0 aromatic heterocycles. The maximum atomic E-state index is 13.6. The molecule has 22 heavy (non-hydrogen) atoms. The number of carboxylic acid groups (broad SMARTS) is 1. The van der Waals surface area contributed by atoms with E-state index in [1.807, 2.05) is 0 Å². The Kier molecular flexibility index (Phi) is 4.09. The van der Waals surface area contributed by atoms with Gasteiger partial charge in [-0.3, -0.25) is 4.72 Å². The van der Waals surface area contributed by atoms with Gasteiger partial charge >= 0.3 is 5.97 Å². The van der Waals surface area contributed by atoms with Crippen molar-refractivity contribution in [3.8, 4) is 0 Å². The Hall–Kier alpha value is -2.55. The lowest BCUT2D eigenvalue weighted by molar-refractivity contribution is 0.0697. The lowest BCUT2D eigenvalue weighted by Gasteiger charge is -2.11. The van der Waals surface area contributed by atoms with Crippen LogP contribution in [-0.2, 0) is 10.0 Å². The molecule has 0 bridgehead atoms. The van der Waals surface area contributed by atoms with Crippen LogP contribution in [-0.4, -0.2) is 19.5 Å². The SMILES string of the molecule is O=C(O)c1cc(F)ccc1NS(=O)(=O)c1cccc(F)c1F. The average molecular weight is 331 g/mol. The molecule has 2 aromatic rings. The first-order valence-corrected chi connectivity index (χ1v) is 7.20. The third kappa shape index (κ3) is 3.03. The number of benzene rings is 2. The van der Waals surface area contributed by atoms with Crippen molar-refractivity contribution >= 4 is 21.7 Å².